The van der Waals surface area contributed by atoms with Gasteiger partial charge in [0, 0.05) is 6.04 Å². The lowest BCUT2D eigenvalue weighted by molar-refractivity contribution is -0.0253. The summed E-state index contributed by atoms with van der Waals surface area (Å²) >= 11 is 0. The van der Waals surface area contributed by atoms with Gasteiger partial charge in [0.05, 0.1) is 12.9 Å². The van der Waals surface area contributed by atoms with Gasteiger partial charge in [-0.05, 0) is 38.0 Å². The van der Waals surface area contributed by atoms with Crippen molar-refractivity contribution in [2.24, 2.45) is 5.92 Å². The monoisotopic (exact) mass is 355 g/mol. The number of hydrogen-bond donors (Lipinski definition) is 2. The van der Waals surface area contributed by atoms with Crippen LogP contribution in [0.4, 0.5) is 5.82 Å². The van der Waals surface area contributed by atoms with Gasteiger partial charge in [-0.2, -0.15) is 0 Å². The normalized spacial score (nSPS) is 23.3. The summed E-state index contributed by atoms with van der Waals surface area (Å²) < 4.78 is 1.84. The van der Waals surface area contributed by atoms with Crippen LogP contribution in [0.2, 0.25) is 0 Å². The van der Waals surface area contributed by atoms with E-state index in [9.17, 15) is 5.11 Å². The summed E-state index contributed by atoms with van der Waals surface area (Å²) in [5.41, 5.74) is 0.415. The van der Waals surface area contributed by atoms with Crippen molar-refractivity contribution in [2.45, 2.75) is 77.5 Å². The number of fused-ring (bicyclic) bond motifs is 1. The maximum absolute atomic E-state index is 11.3. The Bertz CT molecular complexity index is 804. The fourth-order valence-corrected chi connectivity index (χ4v) is 3.88. The summed E-state index contributed by atoms with van der Waals surface area (Å²) in [4.78, 5) is 13.9. The van der Waals surface area contributed by atoms with Crippen LogP contribution in [0.1, 0.15) is 65.1 Å². The lowest BCUT2D eigenvalue weighted by atomic mass is 9.78. The minimum Gasteiger partial charge on any atom is -0.382 e. The van der Waals surface area contributed by atoms with Crippen molar-refractivity contribution in [3.05, 3.63) is 12.2 Å². The third kappa shape index (κ3) is 3.54. The SMILES string of the molecule is C#CCn1cnc2c(NC(CC)CC)nc([C@]3(O)CCC[C@@H](C)C3)nc21. The van der Waals surface area contributed by atoms with Crippen LogP contribution >= 0.6 is 0 Å². The number of terminal acetylenes is 1. The highest BCUT2D eigenvalue weighted by molar-refractivity contribution is 5.83. The minimum atomic E-state index is -0.985. The van der Waals surface area contributed by atoms with Crippen molar-refractivity contribution in [2.75, 3.05) is 5.32 Å². The molecule has 2 atom stereocenters. The molecule has 2 heterocycles. The Labute approximate surface area is 155 Å². The lowest BCUT2D eigenvalue weighted by Gasteiger charge is -2.34. The van der Waals surface area contributed by atoms with Crippen LogP contribution in [0.5, 0.6) is 0 Å². The molecule has 1 fully saturated rings. The zero-order valence-corrected chi connectivity index (χ0v) is 16.0. The van der Waals surface area contributed by atoms with Crippen molar-refractivity contribution in [3.63, 3.8) is 0 Å². The first-order chi connectivity index (χ1) is 12.5. The van der Waals surface area contributed by atoms with E-state index >= 15 is 0 Å². The molecule has 0 aromatic carbocycles. The first kappa shape index (κ1) is 18.7. The van der Waals surface area contributed by atoms with Crippen LogP contribution in [-0.4, -0.2) is 30.7 Å². The van der Waals surface area contributed by atoms with Gasteiger partial charge in [0.15, 0.2) is 17.3 Å². The maximum atomic E-state index is 11.3. The van der Waals surface area contributed by atoms with E-state index in [-0.39, 0.29) is 0 Å². The van der Waals surface area contributed by atoms with Crippen LogP contribution in [0.25, 0.3) is 11.2 Å². The molecule has 1 aliphatic carbocycles. The first-order valence-corrected chi connectivity index (χ1v) is 9.66. The molecule has 0 unspecified atom stereocenters. The van der Waals surface area contributed by atoms with Crippen molar-refractivity contribution in [1.29, 1.82) is 0 Å². The molecule has 140 valence electrons. The van der Waals surface area contributed by atoms with Gasteiger partial charge in [0.1, 0.15) is 11.1 Å². The second-order valence-corrected chi connectivity index (χ2v) is 7.54. The molecule has 2 aromatic heterocycles. The van der Waals surface area contributed by atoms with Crippen molar-refractivity contribution >= 4 is 17.0 Å². The molecule has 1 saturated carbocycles. The van der Waals surface area contributed by atoms with Crippen molar-refractivity contribution in [1.82, 2.24) is 19.5 Å². The molecule has 6 heteroatoms. The number of hydrogen-bond acceptors (Lipinski definition) is 5. The zero-order valence-electron chi connectivity index (χ0n) is 16.0. The Morgan fingerprint density at radius 2 is 2.19 bits per heavy atom. The standard InChI is InChI=1S/C20H29N5O/c1-5-11-25-13-21-16-17(22-15(6-2)7-3)23-19(24-18(16)25)20(26)10-8-9-14(4)12-20/h1,13-15,26H,6-12H2,2-4H3,(H,22,23,24)/t14-,20+/m1/s1. The van der Waals surface area contributed by atoms with Gasteiger partial charge in [-0.1, -0.05) is 33.1 Å². The summed E-state index contributed by atoms with van der Waals surface area (Å²) in [6, 6.07) is 0.304. The Morgan fingerprint density at radius 1 is 1.42 bits per heavy atom. The van der Waals surface area contributed by atoms with Crippen molar-refractivity contribution < 1.29 is 5.11 Å². The molecule has 0 saturated heterocycles. The molecule has 0 bridgehead atoms. The number of rotatable bonds is 6. The summed E-state index contributed by atoms with van der Waals surface area (Å²) in [7, 11) is 0. The quantitative estimate of drug-likeness (QED) is 0.776. The summed E-state index contributed by atoms with van der Waals surface area (Å²) in [6.45, 7) is 6.86. The smallest absolute Gasteiger partial charge is 0.166 e. The van der Waals surface area contributed by atoms with Crippen LogP contribution in [-0.2, 0) is 12.1 Å². The van der Waals surface area contributed by atoms with E-state index in [1.165, 1.54) is 0 Å². The van der Waals surface area contributed by atoms with Gasteiger partial charge in [0.25, 0.3) is 0 Å². The molecular weight excluding hydrogens is 326 g/mol. The Kier molecular flexibility index (Phi) is 5.47. The summed E-state index contributed by atoms with van der Waals surface area (Å²) in [5, 5.41) is 14.8. The van der Waals surface area contributed by atoms with Crippen molar-refractivity contribution in [3.8, 4) is 12.3 Å². The van der Waals surface area contributed by atoms with Crippen LogP contribution in [0.3, 0.4) is 0 Å². The van der Waals surface area contributed by atoms with Gasteiger partial charge >= 0.3 is 0 Å². The second-order valence-electron chi connectivity index (χ2n) is 7.54. The highest BCUT2D eigenvalue weighted by Crippen LogP contribution is 2.39. The average molecular weight is 355 g/mol. The average Bonchev–Trinajstić information content (AvgIpc) is 3.03. The number of nitrogens with zero attached hydrogens (tertiary/aromatic N) is 4. The molecular formula is C20H29N5O. The van der Waals surface area contributed by atoms with E-state index in [2.05, 4.69) is 37.0 Å². The lowest BCUT2D eigenvalue weighted by Crippen LogP contribution is -2.34. The van der Waals surface area contributed by atoms with Crippen LogP contribution < -0.4 is 5.32 Å². The van der Waals surface area contributed by atoms with Crippen LogP contribution in [0.15, 0.2) is 6.33 Å². The molecule has 2 aromatic rings. The fraction of sp³-hybridized carbons (Fsp3) is 0.650. The van der Waals surface area contributed by atoms with E-state index in [1.807, 2.05) is 4.57 Å². The molecule has 6 nitrogen and oxygen atoms in total. The predicted molar refractivity (Wildman–Crippen MR) is 104 cm³/mol. The van der Waals surface area contributed by atoms with Gasteiger partial charge in [-0.25, -0.2) is 15.0 Å². The van der Waals surface area contributed by atoms with Crippen LogP contribution in [0, 0.1) is 18.3 Å². The Morgan fingerprint density at radius 3 is 2.85 bits per heavy atom. The Hall–Kier alpha value is -2.13. The fourth-order valence-electron chi connectivity index (χ4n) is 3.88. The third-order valence-electron chi connectivity index (χ3n) is 5.44. The molecule has 2 N–H and O–H groups in total. The highest BCUT2D eigenvalue weighted by atomic mass is 16.3. The summed E-state index contributed by atoms with van der Waals surface area (Å²) in [6.07, 6.45) is 12.7. The molecule has 0 radical (unpaired) electrons. The van der Waals surface area contributed by atoms with Gasteiger partial charge in [-0.15, -0.1) is 6.42 Å². The third-order valence-corrected chi connectivity index (χ3v) is 5.44. The summed E-state index contributed by atoms with van der Waals surface area (Å²) in [5.74, 6) is 4.28. The molecule has 26 heavy (non-hydrogen) atoms. The van der Waals surface area contributed by atoms with E-state index in [4.69, 9.17) is 16.4 Å². The van der Waals surface area contributed by atoms with E-state index in [1.54, 1.807) is 6.33 Å². The van der Waals surface area contributed by atoms with E-state index in [0.717, 1.165) is 25.7 Å². The maximum Gasteiger partial charge on any atom is 0.166 e. The number of aliphatic hydroxyl groups is 1. The number of anilines is 1. The topological polar surface area (TPSA) is 75.9 Å². The molecule has 0 spiro atoms. The van der Waals surface area contributed by atoms with Gasteiger partial charge in [0.2, 0.25) is 0 Å². The zero-order chi connectivity index (χ0) is 18.7. The van der Waals surface area contributed by atoms with E-state index < -0.39 is 5.60 Å². The number of nitrogens with one attached hydrogen (secondary N) is 1. The first-order valence-electron chi connectivity index (χ1n) is 9.66. The van der Waals surface area contributed by atoms with Gasteiger partial charge in [-0.3, -0.25) is 0 Å². The molecule has 0 amide bonds. The second kappa shape index (κ2) is 7.63. The highest BCUT2D eigenvalue weighted by Gasteiger charge is 2.38. The number of aromatic nitrogens is 4. The van der Waals surface area contributed by atoms with E-state index in [0.29, 0.717) is 54.2 Å². The Balaban J connectivity index is 2.11. The molecule has 0 aliphatic heterocycles. The predicted octanol–water partition coefficient (Wildman–Crippen LogP) is 3.46. The largest absolute Gasteiger partial charge is 0.382 e. The van der Waals surface area contributed by atoms with Gasteiger partial charge < -0.3 is 15.0 Å². The molecule has 3 rings (SSSR count). The molecule has 1 aliphatic rings. The number of imidazole rings is 1. The minimum absolute atomic E-state index is 0.304.